The number of methoxy groups -OCH3 is 2. The van der Waals surface area contributed by atoms with Gasteiger partial charge >= 0.3 is 5.97 Å². The highest BCUT2D eigenvalue weighted by atomic mass is 16.5. The summed E-state index contributed by atoms with van der Waals surface area (Å²) >= 11 is 0. The topological polar surface area (TPSA) is 85.2 Å². The van der Waals surface area contributed by atoms with Gasteiger partial charge in [-0.25, -0.2) is 0 Å². The number of Topliss-reactive ketones (excluding diaryl/α,β-unsaturated/α-hetero) is 1. The van der Waals surface area contributed by atoms with Gasteiger partial charge in [0.1, 0.15) is 17.4 Å². The molecule has 0 fully saturated rings. The number of ether oxygens (including phenoxy) is 2. The average molecular weight is 359 g/mol. The number of allylic oxidation sites excluding steroid dienone is 1. The minimum absolute atomic E-state index is 0.123. The molecule has 1 aliphatic rings. The van der Waals surface area contributed by atoms with E-state index in [0.717, 1.165) is 0 Å². The predicted molar refractivity (Wildman–Crippen MR) is 98.9 cm³/mol. The number of ketones is 1. The normalized spacial score (nSPS) is 20.1. The zero-order chi connectivity index (χ0) is 19.5. The van der Waals surface area contributed by atoms with E-state index in [0.29, 0.717) is 23.6 Å². The molecule has 1 N–H and O–H groups in total. The molecule has 6 nitrogen and oxygen atoms in total. The number of rotatable bonds is 5. The summed E-state index contributed by atoms with van der Waals surface area (Å²) in [6.45, 7) is 5.39. The second-order valence-electron chi connectivity index (χ2n) is 6.92. The van der Waals surface area contributed by atoms with Crippen molar-refractivity contribution in [3.8, 4) is 5.75 Å². The number of benzene rings is 1. The van der Waals surface area contributed by atoms with E-state index in [9.17, 15) is 14.7 Å². The summed E-state index contributed by atoms with van der Waals surface area (Å²) < 4.78 is 9.96. The third-order valence-electron chi connectivity index (χ3n) is 4.60. The molecule has 1 aromatic rings. The molecule has 6 heteroatoms. The molecule has 1 aromatic carbocycles. The summed E-state index contributed by atoms with van der Waals surface area (Å²) in [7, 11) is 2.85. The Balaban J connectivity index is 2.54. The Morgan fingerprint density at radius 3 is 2.38 bits per heavy atom. The van der Waals surface area contributed by atoms with E-state index in [4.69, 9.17) is 9.47 Å². The standard InChI is InChI=1S/C20H25NO5/c1-6-14(21-12-7-9-13(25-4)10-8-12)16-15(22)11-20(2,3)17(18(16)23)19(24)26-5/h7-10,17,23H,6,11H2,1-5H3/t17-/m0/s1. The third-order valence-corrected chi connectivity index (χ3v) is 4.60. The molecule has 1 aliphatic carbocycles. The minimum atomic E-state index is -0.896. The van der Waals surface area contributed by atoms with Gasteiger partial charge < -0.3 is 14.6 Å². The monoisotopic (exact) mass is 359 g/mol. The SMILES string of the molecule is CCC(=Nc1ccc(OC)cc1)C1=C(O)[C@@H](C(=O)OC)C(C)(C)CC1=O. The maximum absolute atomic E-state index is 12.7. The highest BCUT2D eigenvalue weighted by Crippen LogP contribution is 2.42. The van der Waals surface area contributed by atoms with Crippen molar-refractivity contribution >= 4 is 23.2 Å². The zero-order valence-electron chi connectivity index (χ0n) is 15.8. The van der Waals surface area contributed by atoms with E-state index in [1.54, 1.807) is 45.2 Å². The lowest BCUT2D eigenvalue weighted by molar-refractivity contribution is -0.150. The molecule has 0 bridgehead atoms. The van der Waals surface area contributed by atoms with Gasteiger partial charge in [-0.05, 0) is 36.1 Å². The van der Waals surface area contributed by atoms with Crippen LogP contribution in [-0.2, 0) is 14.3 Å². The van der Waals surface area contributed by atoms with E-state index in [1.807, 2.05) is 6.92 Å². The van der Waals surface area contributed by atoms with Gasteiger partial charge in [-0.1, -0.05) is 20.8 Å². The van der Waals surface area contributed by atoms with Crippen molar-refractivity contribution < 1.29 is 24.2 Å². The quantitative estimate of drug-likeness (QED) is 0.639. The number of carbonyl (C=O) groups is 2. The fourth-order valence-corrected chi connectivity index (χ4v) is 3.24. The predicted octanol–water partition coefficient (Wildman–Crippen LogP) is 3.78. The van der Waals surface area contributed by atoms with Crippen molar-refractivity contribution in [3.05, 3.63) is 35.6 Å². The van der Waals surface area contributed by atoms with Crippen molar-refractivity contribution in [2.24, 2.45) is 16.3 Å². The van der Waals surface area contributed by atoms with E-state index in [2.05, 4.69) is 4.99 Å². The van der Waals surface area contributed by atoms with Crippen LogP contribution < -0.4 is 4.74 Å². The van der Waals surface area contributed by atoms with Gasteiger partial charge in [-0.15, -0.1) is 0 Å². The van der Waals surface area contributed by atoms with Gasteiger partial charge in [0, 0.05) is 6.42 Å². The molecule has 0 aliphatic heterocycles. The lowest BCUT2D eigenvalue weighted by atomic mass is 9.67. The van der Waals surface area contributed by atoms with Crippen molar-refractivity contribution in [3.63, 3.8) is 0 Å². The first-order valence-corrected chi connectivity index (χ1v) is 8.51. The fraction of sp³-hybridized carbons (Fsp3) is 0.450. The average Bonchev–Trinajstić information content (AvgIpc) is 2.59. The third kappa shape index (κ3) is 3.79. The van der Waals surface area contributed by atoms with Gasteiger partial charge in [0.2, 0.25) is 0 Å². The van der Waals surface area contributed by atoms with Crippen LogP contribution >= 0.6 is 0 Å². The first kappa shape index (κ1) is 19.7. The van der Waals surface area contributed by atoms with Gasteiger partial charge in [-0.3, -0.25) is 14.6 Å². The Bertz CT molecular complexity index is 759. The Hall–Kier alpha value is -2.63. The molecule has 0 spiro atoms. The summed E-state index contributed by atoms with van der Waals surface area (Å²) in [4.78, 5) is 29.4. The van der Waals surface area contributed by atoms with Crippen LogP contribution in [0.5, 0.6) is 5.75 Å². The van der Waals surface area contributed by atoms with Gasteiger partial charge in [0.05, 0.1) is 31.2 Å². The van der Waals surface area contributed by atoms with E-state index in [-0.39, 0.29) is 23.5 Å². The number of nitrogens with zero attached hydrogens (tertiary/aromatic N) is 1. The highest BCUT2D eigenvalue weighted by Gasteiger charge is 2.47. The minimum Gasteiger partial charge on any atom is -0.511 e. The molecular formula is C20H25NO5. The van der Waals surface area contributed by atoms with Crippen LogP contribution in [0.4, 0.5) is 5.69 Å². The lowest BCUT2D eigenvalue weighted by Crippen LogP contribution is -2.41. The van der Waals surface area contributed by atoms with E-state index < -0.39 is 17.3 Å². The summed E-state index contributed by atoms with van der Waals surface area (Å²) in [5, 5.41) is 10.8. The molecule has 0 aromatic heterocycles. The van der Waals surface area contributed by atoms with Crippen LogP contribution in [0.15, 0.2) is 40.6 Å². The number of aliphatic hydroxyl groups excluding tert-OH is 1. The first-order chi connectivity index (χ1) is 12.2. The van der Waals surface area contributed by atoms with Gasteiger partial charge in [0.15, 0.2) is 5.78 Å². The molecule has 0 heterocycles. The Morgan fingerprint density at radius 1 is 1.27 bits per heavy atom. The van der Waals surface area contributed by atoms with Crippen molar-refractivity contribution in [2.45, 2.75) is 33.6 Å². The molecule has 0 saturated carbocycles. The number of hydrogen-bond donors (Lipinski definition) is 1. The summed E-state index contributed by atoms with van der Waals surface area (Å²) in [5.41, 5.74) is 0.479. The van der Waals surface area contributed by atoms with Crippen LogP contribution in [-0.4, -0.2) is 36.8 Å². The Labute approximate surface area is 153 Å². The second kappa shape index (κ2) is 7.72. The molecular weight excluding hydrogens is 334 g/mol. The lowest BCUT2D eigenvalue weighted by Gasteiger charge is -2.36. The maximum atomic E-state index is 12.7. The summed E-state index contributed by atoms with van der Waals surface area (Å²) in [5.74, 6) is -1.23. The molecule has 1 atom stereocenters. The van der Waals surface area contributed by atoms with Crippen LogP contribution in [0.2, 0.25) is 0 Å². The van der Waals surface area contributed by atoms with Gasteiger partial charge in [0.25, 0.3) is 0 Å². The van der Waals surface area contributed by atoms with Crippen LogP contribution in [0.25, 0.3) is 0 Å². The van der Waals surface area contributed by atoms with E-state index >= 15 is 0 Å². The molecule has 0 amide bonds. The molecule has 0 radical (unpaired) electrons. The summed E-state index contributed by atoms with van der Waals surface area (Å²) in [6, 6.07) is 7.06. The number of aliphatic imine (C=N–C) groups is 1. The molecule has 140 valence electrons. The largest absolute Gasteiger partial charge is 0.511 e. The summed E-state index contributed by atoms with van der Waals surface area (Å²) in [6.07, 6.45) is 0.569. The molecule has 2 rings (SSSR count). The fourth-order valence-electron chi connectivity index (χ4n) is 3.24. The van der Waals surface area contributed by atoms with Gasteiger partial charge in [-0.2, -0.15) is 0 Å². The van der Waals surface area contributed by atoms with Crippen LogP contribution in [0.1, 0.15) is 33.6 Å². The number of hydrogen-bond acceptors (Lipinski definition) is 6. The maximum Gasteiger partial charge on any atom is 0.316 e. The molecule has 0 unspecified atom stereocenters. The van der Waals surface area contributed by atoms with Crippen molar-refractivity contribution in [1.29, 1.82) is 0 Å². The second-order valence-corrected chi connectivity index (χ2v) is 6.92. The van der Waals surface area contributed by atoms with Crippen molar-refractivity contribution in [1.82, 2.24) is 0 Å². The van der Waals surface area contributed by atoms with E-state index in [1.165, 1.54) is 7.11 Å². The first-order valence-electron chi connectivity index (χ1n) is 8.51. The molecule has 0 saturated heterocycles. The smallest absolute Gasteiger partial charge is 0.316 e. The number of aliphatic hydroxyl groups is 1. The Morgan fingerprint density at radius 2 is 1.88 bits per heavy atom. The Kier molecular flexibility index (Phi) is 5.85. The number of carbonyl (C=O) groups excluding carboxylic acids is 2. The molecule has 26 heavy (non-hydrogen) atoms. The zero-order valence-corrected chi connectivity index (χ0v) is 15.8. The van der Waals surface area contributed by atoms with Crippen LogP contribution in [0.3, 0.4) is 0 Å². The van der Waals surface area contributed by atoms with Crippen molar-refractivity contribution in [2.75, 3.05) is 14.2 Å². The number of esters is 1. The van der Waals surface area contributed by atoms with Crippen LogP contribution in [0, 0.1) is 11.3 Å². The highest BCUT2D eigenvalue weighted by molar-refractivity contribution is 6.24.